The number of carboxylic acids is 1. The van der Waals surface area contributed by atoms with Crippen LogP contribution in [0, 0.1) is 0 Å². The number of benzene rings is 1. The van der Waals surface area contributed by atoms with Crippen LogP contribution in [-0.4, -0.2) is 17.0 Å². The van der Waals surface area contributed by atoms with Gasteiger partial charge in [0.15, 0.2) is 6.04 Å². The van der Waals surface area contributed by atoms with E-state index in [1.807, 2.05) is 6.07 Å². The number of aliphatic carboxylic acids is 1. The number of nitrogens with two attached hydrogens (primary N) is 1. The molecule has 1 heterocycles. The van der Waals surface area contributed by atoms with Crippen LogP contribution in [0.3, 0.4) is 0 Å². The maximum absolute atomic E-state index is 12.1. The Hall–Kier alpha value is -2.18. The lowest BCUT2D eigenvalue weighted by Gasteiger charge is -2.17. The average molecular weight is 290 g/mol. The molecule has 2 aromatic rings. The molecule has 4 N–H and O–H groups in total. The Labute approximate surface area is 120 Å². The second-order valence-corrected chi connectivity index (χ2v) is 5.16. The Bertz CT molecular complexity index is 584. The van der Waals surface area contributed by atoms with E-state index in [0.717, 1.165) is 0 Å². The molecule has 0 aliphatic heterocycles. The number of carbonyl (C=O) groups is 2. The third-order valence-electron chi connectivity index (χ3n) is 2.80. The van der Waals surface area contributed by atoms with E-state index in [0.29, 0.717) is 10.4 Å². The topological polar surface area (TPSA) is 92.4 Å². The van der Waals surface area contributed by atoms with Crippen LogP contribution >= 0.6 is 11.3 Å². The molecular formula is C14H14N2O3S. The number of amides is 1. The molecule has 1 amide bonds. The third kappa shape index (κ3) is 3.23. The number of hydrogen-bond acceptors (Lipinski definition) is 4. The summed E-state index contributed by atoms with van der Waals surface area (Å²) in [6.07, 6.45) is 0. The highest BCUT2D eigenvalue weighted by molar-refractivity contribution is 7.10. The number of carboxylic acid groups (broad SMARTS) is 1. The number of hydrogen-bond donors (Lipinski definition) is 3. The van der Waals surface area contributed by atoms with Crippen LogP contribution < -0.4 is 11.1 Å². The van der Waals surface area contributed by atoms with Crippen molar-refractivity contribution in [1.29, 1.82) is 0 Å². The van der Waals surface area contributed by atoms with Crippen LogP contribution in [0.15, 0.2) is 47.8 Å². The van der Waals surface area contributed by atoms with Crippen LogP contribution in [0.1, 0.15) is 22.5 Å². The van der Waals surface area contributed by atoms with Gasteiger partial charge in [-0.15, -0.1) is 11.3 Å². The quantitative estimate of drug-likeness (QED) is 0.781. The maximum atomic E-state index is 12.1. The lowest BCUT2D eigenvalue weighted by atomic mass is 10.1. The zero-order valence-corrected chi connectivity index (χ0v) is 11.3. The molecule has 20 heavy (non-hydrogen) atoms. The molecule has 0 aliphatic carbocycles. The van der Waals surface area contributed by atoms with Gasteiger partial charge in [-0.1, -0.05) is 36.4 Å². The summed E-state index contributed by atoms with van der Waals surface area (Å²) in [5, 5.41) is 13.4. The first-order valence-corrected chi connectivity index (χ1v) is 6.84. The third-order valence-corrected chi connectivity index (χ3v) is 3.74. The van der Waals surface area contributed by atoms with Crippen molar-refractivity contribution in [3.8, 4) is 0 Å². The molecule has 6 heteroatoms. The lowest BCUT2D eigenvalue weighted by Crippen LogP contribution is -2.39. The van der Waals surface area contributed by atoms with E-state index in [1.165, 1.54) is 11.3 Å². The smallest absolute Gasteiger partial charge is 0.331 e. The SMILES string of the molecule is N[C@@H](C(=O)NC(C(=O)O)c1cccs1)c1ccccc1. The van der Waals surface area contributed by atoms with Gasteiger partial charge in [0.25, 0.3) is 0 Å². The van der Waals surface area contributed by atoms with Gasteiger partial charge in [0, 0.05) is 4.88 Å². The van der Waals surface area contributed by atoms with Crippen molar-refractivity contribution in [2.75, 3.05) is 0 Å². The van der Waals surface area contributed by atoms with E-state index in [9.17, 15) is 14.7 Å². The standard InChI is InChI=1S/C14H14N2O3S/c15-11(9-5-2-1-3-6-9)13(17)16-12(14(18)19)10-7-4-8-20-10/h1-8,11-12H,15H2,(H,16,17)(H,18,19)/t11-,12?/m1/s1. The summed E-state index contributed by atoms with van der Waals surface area (Å²) in [5.41, 5.74) is 6.48. The van der Waals surface area contributed by atoms with Gasteiger partial charge in [0.05, 0.1) is 0 Å². The Morgan fingerprint density at radius 1 is 1.15 bits per heavy atom. The van der Waals surface area contributed by atoms with Gasteiger partial charge in [0.2, 0.25) is 5.91 Å². The van der Waals surface area contributed by atoms with E-state index in [-0.39, 0.29) is 0 Å². The van der Waals surface area contributed by atoms with Gasteiger partial charge >= 0.3 is 5.97 Å². The van der Waals surface area contributed by atoms with Gasteiger partial charge in [-0.25, -0.2) is 4.79 Å². The van der Waals surface area contributed by atoms with Crippen molar-refractivity contribution in [3.05, 3.63) is 58.3 Å². The molecule has 0 spiro atoms. The van der Waals surface area contributed by atoms with E-state index in [1.54, 1.807) is 41.8 Å². The van der Waals surface area contributed by atoms with Crippen molar-refractivity contribution in [1.82, 2.24) is 5.32 Å². The molecule has 1 aromatic heterocycles. The number of thiophene rings is 1. The Kier molecular flexibility index (Phi) is 4.49. The predicted octanol–water partition coefficient (Wildman–Crippen LogP) is 1.69. The van der Waals surface area contributed by atoms with Gasteiger partial charge in [0.1, 0.15) is 6.04 Å². The van der Waals surface area contributed by atoms with E-state index >= 15 is 0 Å². The lowest BCUT2D eigenvalue weighted by molar-refractivity contribution is -0.142. The van der Waals surface area contributed by atoms with E-state index < -0.39 is 24.0 Å². The van der Waals surface area contributed by atoms with Crippen LogP contribution in [0.4, 0.5) is 0 Å². The minimum absolute atomic E-state index is 0.517. The summed E-state index contributed by atoms with van der Waals surface area (Å²) in [5.74, 6) is -1.63. The fourth-order valence-corrected chi connectivity index (χ4v) is 2.52. The summed E-state index contributed by atoms with van der Waals surface area (Å²) in [4.78, 5) is 23.9. The first kappa shape index (κ1) is 14.2. The molecule has 0 aliphatic rings. The molecule has 0 radical (unpaired) electrons. The molecule has 1 aromatic carbocycles. The number of carbonyl (C=O) groups excluding carboxylic acids is 1. The van der Waals surface area contributed by atoms with E-state index in [4.69, 9.17) is 5.73 Å². The van der Waals surface area contributed by atoms with Gasteiger partial charge in [-0.05, 0) is 17.0 Å². The normalized spacial score (nSPS) is 13.4. The van der Waals surface area contributed by atoms with Crippen molar-refractivity contribution >= 4 is 23.2 Å². The van der Waals surface area contributed by atoms with Crippen LogP contribution in [0.2, 0.25) is 0 Å². The fraction of sp³-hybridized carbons (Fsp3) is 0.143. The van der Waals surface area contributed by atoms with Gasteiger partial charge in [-0.2, -0.15) is 0 Å². The number of nitrogens with one attached hydrogen (secondary N) is 1. The summed E-state index contributed by atoms with van der Waals surface area (Å²) in [6, 6.07) is 10.3. The Balaban J connectivity index is 2.11. The van der Waals surface area contributed by atoms with Gasteiger partial charge in [-0.3, -0.25) is 4.79 Å². The molecule has 5 nitrogen and oxygen atoms in total. The largest absolute Gasteiger partial charge is 0.479 e. The van der Waals surface area contributed by atoms with E-state index in [2.05, 4.69) is 5.32 Å². The highest BCUT2D eigenvalue weighted by Crippen LogP contribution is 2.20. The molecule has 0 saturated carbocycles. The monoisotopic (exact) mass is 290 g/mol. The second kappa shape index (κ2) is 6.31. The highest BCUT2D eigenvalue weighted by atomic mass is 32.1. The fourth-order valence-electron chi connectivity index (χ4n) is 1.75. The summed E-state index contributed by atoms with van der Waals surface area (Å²) in [7, 11) is 0. The Morgan fingerprint density at radius 3 is 2.40 bits per heavy atom. The van der Waals surface area contributed by atoms with Crippen molar-refractivity contribution in [3.63, 3.8) is 0 Å². The van der Waals surface area contributed by atoms with Crippen LogP contribution in [-0.2, 0) is 9.59 Å². The molecule has 2 atom stereocenters. The summed E-state index contributed by atoms with van der Waals surface area (Å²) < 4.78 is 0. The van der Waals surface area contributed by atoms with Gasteiger partial charge < -0.3 is 16.2 Å². The van der Waals surface area contributed by atoms with Crippen molar-refractivity contribution in [2.24, 2.45) is 5.73 Å². The first-order valence-electron chi connectivity index (χ1n) is 5.96. The zero-order valence-electron chi connectivity index (χ0n) is 10.5. The average Bonchev–Trinajstić information content (AvgIpc) is 2.98. The molecule has 0 saturated heterocycles. The minimum atomic E-state index is -1.11. The molecule has 0 bridgehead atoms. The van der Waals surface area contributed by atoms with Crippen LogP contribution in [0.5, 0.6) is 0 Å². The van der Waals surface area contributed by atoms with Crippen molar-refractivity contribution in [2.45, 2.75) is 12.1 Å². The predicted molar refractivity (Wildman–Crippen MR) is 76.2 cm³/mol. The number of rotatable bonds is 5. The van der Waals surface area contributed by atoms with Crippen molar-refractivity contribution < 1.29 is 14.7 Å². The first-order chi connectivity index (χ1) is 9.59. The maximum Gasteiger partial charge on any atom is 0.331 e. The molecule has 0 fully saturated rings. The molecule has 2 rings (SSSR count). The molecular weight excluding hydrogens is 276 g/mol. The summed E-state index contributed by atoms with van der Waals surface area (Å²) >= 11 is 1.27. The zero-order chi connectivity index (χ0) is 14.5. The Morgan fingerprint density at radius 2 is 1.85 bits per heavy atom. The molecule has 104 valence electrons. The summed E-state index contributed by atoms with van der Waals surface area (Å²) in [6.45, 7) is 0. The molecule has 1 unspecified atom stereocenters. The second-order valence-electron chi connectivity index (χ2n) is 4.18. The highest BCUT2D eigenvalue weighted by Gasteiger charge is 2.26. The minimum Gasteiger partial charge on any atom is -0.479 e. The van der Waals surface area contributed by atoms with Crippen LogP contribution in [0.25, 0.3) is 0 Å².